The van der Waals surface area contributed by atoms with Gasteiger partial charge in [0, 0.05) is 3.57 Å². The largest absolute Gasteiger partial charge is 0.374 e. The van der Waals surface area contributed by atoms with E-state index in [9.17, 15) is 9.59 Å². The summed E-state index contributed by atoms with van der Waals surface area (Å²) in [5.41, 5.74) is 0.740. The topological polar surface area (TPSA) is 46.6 Å². The number of carbonyl (C=O) groups is 2. The molecule has 1 aliphatic rings. The van der Waals surface area contributed by atoms with Crippen LogP contribution in [-0.2, 0) is 4.74 Å². The molecule has 1 heterocycles. The molecule has 0 radical (unpaired) electrons. The Kier molecular flexibility index (Phi) is 3.96. The van der Waals surface area contributed by atoms with Crippen molar-refractivity contribution in [3.05, 3.63) is 32.9 Å². The van der Waals surface area contributed by atoms with Crippen molar-refractivity contribution in [1.29, 1.82) is 0 Å². The SMILES string of the molecule is CC(C)(C)OCCN1C(=O)c2cccc(I)c2C1=O. The van der Waals surface area contributed by atoms with Gasteiger partial charge in [-0.1, -0.05) is 6.07 Å². The molecule has 1 aromatic rings. The Labute approximate surface area is 126 Å². The molecule has 0 saturated carbocycles. The van der Waals surface area contributed by atoms with E-state index in [-0.39, 0.29) is 17.4 Å². The van der Waals surface area contributed by atoms with Crippen LogP contribution in [-0.4, -0.2) is 35.5 Å². The van der Waals surface area contributed by atoms with Crippen LogP contribution in [0.5, 0.6) is 0 Å². The maximum absolute atomic E-state index is 12.2. The molecule has 102 valence electrons. The van der Waals surface area contributed by atoms with E-state index in [1.54, 1.807) is 12.1 Å². The molecule has 2 rings (SSSR count). The van der Waals surface area contributed by atoms with Crippen molar-refractivity contribution in [2.45, 2.75) is 26.4 Å². The summed E-state index contributed by atoms with van der Waals surface area (Å²) < 4.78 is 6.38. The van der Waals surface area contributed by atoms with E-state index in [2.05, 4.69) is 22.6 Å². The van der Waals surface area contributed by atoms with Gasteiger partial charge >= 0.3 is 0 Å². The van der Waals surface area contributed by atoms with Crippen molar-refractivity contribution >= 4 is 34.4 Å². The quantitative estimate of drug-likeness (QED) is 0.605. The lowest BCUT2D eigenvalue weighted by molar-refractivity contribution is -0.0101. The van der Waals surface area contributed by atoms with Gasteiger partial charge < -0.3 is 4.74 Å². The molecule has 1 aromatic carbocycles. The molecule has 1 aliphatic heterocycles. The number of nitrogens with zero attached hydrogens (tertiary/aromatic N) is 1. The van der Waals surface area contributed by atoms with Crippen molar-refractivity contribution in [1.82, 2.24) is 4.90 Å². The number of halogens is 1. The van der Waals surface area contributed by atoms with E-state index in [0.29, 0.717) is 24.3 Å². The first kappa shape index (κ1) is 14.5. The molecule has 0 spiro atoms. The normalized spacial score (nSPS) is 15.1. The number of imide groups is 1. The molecule has 2 amide bonds. The zero-order valence-electron chi connectivity index (χ0n) is 11.2. The Morgan fingerprint density at radius 2 is 1.89 bits per heavy atom. The molecule has 0 unspecified atom stereocenters. The van der Waals surface area contributed by atoms with Gasteiger partial charge in [-0.3, -0.25) is 14.5 Å². The van der Waals surface area contributed by atoms with Crippen LogP contribution in [0.1, 0.15) is 41.5 Å². The smallest absolute Gasteiger partial charge is 0.262 e. The summed E-state index contributed by atoms with van der Waals surface area (Å²) in [4.78, 5) is 25.7. The zero-order valence-corrected chi connectivity index (χ0v) is 13.4. The predicted octanol–water partition coefficient (Wildman–Crippen LogP) is 2.70. The first-order valence-corrected chi connectivity index (χ1v) is 7.18. The molecular formula is C14H16INO3. The van der Waals surface area contributed by atoms with Crippen molar-refractivity contribution in [2.24, 2.45) is 0 Å². The minimum absolute atomic E-state index is 0.220. The lowest BCUT2D eigenvalue weighted by atomic mass is 10.1. The van der Waals surface area contributed by atoms with Crippen LogP contribution in [0.3, 0.4) is 0 Å². The summed E-state index contributed by atoms with van der Waals surface area (Å²) in [7, 11) is 0. The first-order valence-electron chi connectivity index (χ1n) is 6.10. The molecule has 0 saturated heterocycles. The summed E-state index contributed by atoms with van der Waals surface area (Å²) in [5.74, 6) is -0.446. The van der Waals surface area contributed by atoms with Gasteiger partial charge in [0.2, 0.25) is 0 Å². The molecule has 5 heteroatoms. The number of rotatable bonds is 3. The second-order valence-corrected chi connectivity index (χ2v) is 6.55. The Morgan fingerprint density at radius 3 is 2.47 bits per heavy atom. The Balaban J connectivity index is 2.13. The second kappa shape index (κ2) is 5.20. The standard InChI is InChI=1S/C14H16INO3/c1-14(2,3)19-8-7-16-12(17)9-5-4-6-10(15)11(9)13(16)18/h4-6H,7-8H2,1-3H3. The van der Waals surface area contributed by atoms with Gasteiger partial charge in [0.05, 0.1) is 29.9 Å². The van der Waals surface area contributed by atoms with Crippen LogP contribution in [0.15, 0.2) is 18.2 Å². The molecule has 0 aliphatic carbocycles. The third kappa shape index (κ3) is 2.97. The molecule has 19 heavy (non-hydrogen) atoms. The van der Waals surface area contributed by atoms with Crippen molar-refractivity contribution < 1.29 is 14.3 Å². The third-order valence-electron chi connectivity index (χ3n) is 2.80. The van der Waals surface area contributed by atoms with E-state index in [1.807, 2.05) is 26.8 Å². The molecule has 4 nitrogen and oxygen atoms in total. The minimum atomic E-state index is -0.271. The maximum Gasteiger partial charge on any atom is 0.262 e. The average molecular weight is 373 g/mol. The van der Waals surface area contributed by atoms with Crippen LogP contribution in [0.4, 0.5) is 0 Å². The van der Waals surface area contributed by atoms with E-state index in [4.69, 9.17) is 4.74 Å². The van der Waals surface area contributed by atoms with E-state index in [0.717, 1.165) is 3.57 Å². The summed E-state index contributed by atoms with van der Waals surface area (Å²) >= 11 is 2.08. The van der Waals surface area contributed by atoms with Crippen molar-refractivity contribution in [3.8, 4) is 0 Å². The number of amides is 2. The predicted molar refractivity (Wildman–Crippen MR) is 80.2 cm³/mol. The average Bonchev–Trinajstić information content (AvgIpc) is 2.54. The van der Waals surface area contributed by atoms with Gasteiger partial charge in [-0.25, -0.2) is 0 Å². The summed E-state index contributed by atoms with van der Waals surface area (Å²) in [6.07, 6.45) is 0. The number of hydrogen-bond acceptors (Lipinski definition) is 3. The number of ether oxygens (including phenoxy) is 1. The van der Waals surface area contributed by atoms with Crippen LogP contribution in [0.2, 0.25) is 0 Å². The minimum Gasteiger partial charge on any atom is -0.374 e. The summed E-state index contributed by atoms with van der Waals surface area (Å²) in [6.45, 7) is 6.47. The highest BCUT2D eigenvalue weighted by atomic mass is 127. The fourth-order valence-electron chi connectivity index (χ4n) is 1.94. The number of fused-ring (bicyclic) bond motifs is 1. The number of benzene rings is 1. The maximum atomic E-state index is 12.2. The molecule has 0 aromatic heterocycles. The molecule has 0 N–H and O–H groups in total. The van der Waals surface area contributed by atoms with E-state index in [1.165, 1.54) is 4.90 Å². The van der Waals surface area contributed by atoms with Crippen molar-refractivity contribution in [2.75, 3.05) is 13.2 Å². The van der Waals surface area contributed by atoms with Gasteiger partial charge in [0.1, 0.15) is 0 Å². The van der Waals surface area contributed by atoms with E-state index >= 15 is 0 Å². The highest BCUT2D eigenvalue weighted by Crippen LogP contribution is 2.26. The lowest BCUT2D eigenvalue weighted by Gasteiger charge is -2.21. The Morgan fingerprint density at radius 1 is 1.21 bits per heavy atom. The van der Waals surface area contributed by atoms with Gasteiger partial charge in [0.15, 0.2) is 0 Å². The Bertz CT molecular complexity index is 534. The fourth-order valence-corrected chi connectivity index (χ4v) is 2.67. The van der Waals surface area contributed by atoms with Gasteiger partial charge in [-0.2, -0.15) is 0 Å². The highest BCUT2D eigenvalue weighted by molar-refractivity contribution is 14.1. The third-order valence-corrected chi connectivity index (χ3v) is 3.70. The number of hydrogen-bond donors (Lipinski definition) is 0. The second-order valence-electron chi connectivity index (χ2n) is 5.39. The molecule has 0 fully saturated rings. The van der Waals surface area contributed by atoms with Crippen molar-refractivity contribution in [3.63, 3.8) is 0 Å². The fraction of sp³-hybridized carbons (Fsp3) is 0.429. The molecular weight excluding hydrogens is 357 g/mol. The first-order chi connectivity index (χ1) is 8.81. The summed E-state index contributed by atoms with van der Waals surface area (Å²) in [5, 5.41) is 0. The van der Waals surface area contributed by atoms with Crippen LogP contribution in [0.25, 0.3) is 0 Å². The monoisotopic (exact) mass is 373 g/mol. The van der Waals surface area contributed by atoms with Gasteiger partial charge in [-0.05, 0) is 55.5 Å². The Hall–Kier alpha value is -0.950. The van der Waals surface area contributed by atoms with Crippen LogP contribution >= 0.6 is 22.6 Å². The summed E-state index contributed by atoms with van der Waals surface area (Å²) in [6, 6.07) is 5.32. The molecule has 0 bridgehead atoms. The number of carbonyl (C=O) groups excluding carboxylic acids is 2. The van der Waals surface area contributed by atoms with Crippen LogP contribution < -0.4 is 0 Å². The van der Waals surface area contributed by atoms with Crippen LogP contribution in [0, 0.1) is 3.57 Å². The highest BCUT2D eigenvalue weighted by Gasteiger charge is 2.36. The van der Waals surface area contributed by atoms with E-state index < -0.39 is 0 Å². The lowest BCUT2D eigenvalue weighted by Crippen LogP contribution is -2.35. The van der Waals surface area contributed by atoms with Gasteiger partial charge in [-0.15, -0.1) is 0 Å². The molecule has 0 atom stereocenters. The zero-order chi connectivity index (χ0) is 14.2. The van der Waals surface area contributed by atoms with Gasteiger partial charge in [0.25, 0.3) is 11.8 Å².